The Balaban J connectivity index is 2.30. The number of aryl methyl sites for hydroxylation is 1. The number of benzene rings is 1. The Morgan fingerprint density at radius 3 is 2.89 bits per heavy atom. The normalized spacial score (nSPS) is 10.3. The van der Waals surface area contributed by atoms with Crippen LogP contribution in [0.25, 0.3) is 0 Å². The first-order chi connectivity index (χ1) is 8.49. The molecular weight excluding hydrogens is 300 g/mol. The van der Waals surface area contributed by atoms with Gasteiger partial charge in [0, 0.05) is 11.5 Å². The lowest BCUT2D eigenvalue weighted by molar-refractivity contribution is 0.102. The Morgan fingerprint density at radius 2 is 2.28 bits per heavy atom. The molecule has 0 atom stereocenters. The summed E-state index contributed by atoms with van der Waals surface area (Å²) in [5.41, 5.74) is 6.18. The molecule has 0 saturated carbocycles. The van der Waals surface area contributed by atoms with E-state index in [0.29, 0.717) is 16.0 Å². The van der Waals surface area contributed by atoms with Gasteiger partial charge in [-0.25, -0.2) is 0 Å². The molecule has 7 heteroatoms. The predicted molar refractivity (Wildman–Crippen MR) is 71.4 cm³/mol. The Morgan fingerprint density at radius 1 is 1.56 bits per heavy atom. The molecule has 6 nitrogen and oxygen atoms in total. The topological polar surface area (TPSA) is 93.2 Å². The summed E-state index contributed by atoms with van der Waals surface area (Å²) >= 11 is 3.24. The van der Waals surface area contributed by atoms with E-state index in [9.17, 15) is 9.90 Å². The summed E-state index contributed by atoms with van der Waals surface area (Å²) in [6, 6.07) is 4.60. The lowest BCUT2D eigenvalue weighted by Gasteiger charge is -2.08. The molecule has 1 amide bonds. The molecule has 18 heavy (non-hydrogen) atoms. The molecule has 0 fully saturated rings. The number of anilines is 2. The number of aromatic nitrogens is 2. The van der Waals surface area contributed by atoms with Crippen LogP contribution in [0, 0.1) is 0 Å². The van der Waals surface area contributed by atoms with Crippen LogP contribution in [-0.4, -0.2) is 20.8 Å². The number of carbonyl (C=O) groups excluding carboxylic acids is 1. The Hall–Kier alpha value is -2.02. The summed E-state index contributed by atoms with van der Waals surface area (Å²) in [7, 11) is 1.66. The van der Waals surface area contributed by atoms with Gasteiger partial charge in [0.2, 0.25) is 0 Å². The van der Waals surface area contributed by atoms with Gasteiger partial charge in [-0.2, -0.15) is 5.10 Å². The van der Waals surface area contributed by atoms with Crippen LogP contribution < -0.4 is 11.1 Å². The van der Waals surface area contributed by atoms with E-state index in [1.54, 1.807) is 13.1 Å². The van der Waals surface area contributed by atoms with E-state index < -0.39 is 5.91 Å². The molecule has 0 unspecified atom stereocenters. The van der Waals surface area contributed by atoms with Crippen LogP contribution >= 0.6 is 15.9 Å². The maximum absolute atomic E-state index is 12.0. The van der Waals surface area contributed by atoms with Gasteiger partial charge >= 0.3 is 0 Å². The molecule has 0 saturated heterocycles. The highest BCUT2D eigenvalue weighted by atomic mass is 79.9. The fourth-order valence-electron chi connectivity index (χ4n) is 1.47. The first-order valence-corrected chi connectivity index (χ1v) is 5.85. The molecule has 0 radical (unpaired) electrons. The number of phenolic OH excluding ortho intramolecular Hbond substituents is 1. The van der Waals surface area contributed by atoms with Crippen molar-refractivity contribution in [3.8, 4) is 5.75 Å². The van der Waals surface area contributed by atoms with Gasteiger partial charge in [0.05, 0.1) is 17.4 Å². The molecule has 1 aromatic carbocycles. The first kappa shape index (κ1) is 12.4. The van der Waals surface area contributed by atoms with Crippen LogP contribution in [0.2, 0.25) is 0 Å². The number of halogens is 1. The molecule has 0 aliphatic rings. The van der Waals surface area contributed by atoms with Crippen LogP contribution in [0.1, 0.15) is 10.4 Å². The van der Waals surface area contributed by atoms with Crippen LogP contribution in [-0.2, 0) is 7.05 Å². The third-order valence-corrected chi connectivity index (χ3v) is 2.90. The highest BCUT2D eigenvalue weighted by molar-refractivity contribution is 9.10. The zero-order chi connectivity index (χ0) is 13.3. The smallest absolute Gasteiger partial charge is 0.260 e. The average Bonchev–Trinajstić information content (AvgIpc) is 2.64. The van der Waals surface area contributed by atoms with Crippen molar-refractivity contribution >= 4 is 33.3 Å². The van der Waals surface area contributed by atoms with Gasteiger partial charge in [0.1, 0.15) is 5.75 Å². The maximum Gasteiger partial charge on any atom is 0.260 e. The van der Waals surface area contributed by atoms with Gasteiger partial charge in [-0.3, -0.25) is 9.48 Å². The second kappa shape index (κ2) is 4.69. The van der Waals surface area contributed by atoms with Gasteiger partial charge < -0.3 is 16.2 Å². The van der Waals surface area contributed by atoms with Crippen molar-refractivity contribution in [1.29, 1.82) is 0 Å². The Bertz CT molecular complexity index is 590. The van der Waals surface area contributed by atoms with Crippen molar-refractivity contribution in [2.24, 2.45) is 7.05 Å². The number of rotatable bonds is 2. The summed E-state index contributed by atoms with van der Waals surface area (Å²) in [4.78, 5) is 12.0. The highest BCUT2D eigenvalue weighted by Crippen LogP contribution is 2.24. The lowest BCUT2D eigenvalue weighted by atomic mass is 10.2. The van der Waals surface area contributed by atoms with E-state index in [-0.39, 0.29) is 11.3 Å². The minimum Gasteiger partial charge on any atom is -0.507 e. The van der Waals surface area contributed by atoms with Crippen LogP contribution in [0.5, 0.6) is 5.75 Å². The van der Waals surface area contributed by atoms with E-state index in [2.05, 4.69) is 26.3 Å². The summed E-state index contributed by atoms with van der Waals surface area (Å²) in [6.07, 6.45) is 1.44. The first-order valence-electron chi connectivity index (χ1n) is 5.06. The number of amides is 1. The number of carbonyl (C=O) groups is 1. The van der Waals surface area contributed by atoms with E-state index in [4.69, 9.17) is 5.73 Å². The SMILES string of the molecule is Cn1ncc(N)c1NC(=O)c1cc(Br)ccc1O. The van der Waals surface area contributed by atoms with Crippen LogP contribution in [0.15, 0.2) is 28.9 Å². The molecule has 2 rings (SSSR count). The number of phenols is 1. The van der Waals surface area contributed by atoms with Crippen molar-refractivity contribution in [3.63, 3.8) is 0 Å². The molecule has 0 spiro atoms. The number of nitrogens with two attached hydrogens (primary N) is 1. The third-order valence-electron chi connectivity index (χ3n) is 2.40. The molecule has 0 aliphatic carbocycles. The minimum absolute atomic E-state index is 0.101. The van der Waals surface area contributed by atoms with Crippen molar-refractivity contribution in [3.05, 3.63) is 34.4 Å². The van der Waals surface area contributed by atoms with Gasteiger partial charge in [0.15, 0.2) is 5.82 Å². The fourth-order valence-corrected chi connectivity index (χ4v) is 1.83. The van der Waals surface area contributed by atoms with Gasteiger partial charge in [-0.05, 0) is 18.2 Å². The predicted octanol–water partition coefficient (Wildman–Crippen LogP) is 1.72. The zero-order valence-electron chi connectivity index (χ0n) is 9.51. The quantitative estimate of drug-likeness (QED) is 0.787. The maximum atomic E-state index is 12.0. The van der Waals surface area contributed by atoms with E-state index >= 15 is 0 Å². The Labute approximate surface area is 112 Å². The number of nitrogens with one attached hydrogen (secondary N) is 1. The highest BCUT2D eigenvalue weighted by Gasteiger charge is 2.15. The second-order valence-corrected chi connectivity index (χ2v) is 4.60. The molecule has 1 heterocycles. The molecule has 1 aromatic heterocycles. The van der Waals surface area contributed by atoms with Gasteiger partial charge in [0.25, 0.3) is 5.91 Å². The third kappa shape index (κ3) is 2.30. The fraction of sp³-hybridized carbons (Fsp3) is 0.0909. The van der Waals surface area contributed by atoms with E-state index in [1.165, 1.54) is 23.0 Å². The molecule has 0 bridgehead atoms. The number of hydrogen-bond donors (Lipinski definition) is 3. The number of aromatic hydroxyl groups is 1. The lowest BCUT2D eigenvalue weighted by Crippen LogP contribution is -2.15. The molecule has 2 aromatic rings. The van der Waals surface area contributed by atoms with Crippen molar-refractivity contribution < 1.29 is 9.90 Å². The minimum atomic E-state index is -0.455. The number of nitrogens with zero attached hydrogens (tertiary/aromatic N) is 2. The number of hydrogen-bond acceptors (Lipinski definition) is 4. The molecule has 94 valence electrons. The average molecular weight is 311 g/mol. The summed E-state index contributed by atoms with van der Waals surface area (Å²) in [6.45, 7) is 0. The molecule has 4 N–H and O–H groups in total. The van der Waals surface area contributed by atoms with Crippen molar-refractivity contribution in [2.45, 2.75) is 0 Å². The van der Waals surface area contributed by atoms with Gasteiger partial charge in [-0.1, -0.05) is 15.9 Å². The van der Waals surface area contributed by atoms with Crippen LogP contribution in [0.3, 0.4) is 0 Å². The summed E-state index contributed by atoms with van der Waals surface area (Å²) < 4.78 is 2.14. The second-order valence-electron chi connectivity index (χ2n) is 3.69. The summed E-state index contributed by atoms with van der Waals surface area (Å²) in [5.74, 6) is -0.167. The van der Waals surface area contributed by atoms with Gasteiger partial charge in [-0.15, -0.1) is 0 Å². The Kier molecular flexibility index (Phi) is 3.24. The van der Waals surface area contributed by atoms with Crippen molar-refractivity contribution in [1.82, 2.24) is 9.78 Å². The zero-order valence-corrected chi connectivity index (χ0v) is 11.1. The summed E-state index contributed by atoms with van der Waals surface area (Å²) in [5, 5.41) is 16.1. The molecular formula is C11H11BrN4O2. The van der Waals surface area contributed by atoms with E-state index in [0.717, 1.165) is 0 Å². The van der Waals surface area contributed by atoms with Crippen LogP contribution in [0.4, 0.5) is 11.5 Å². The number of nitrogen functional groups attached to an aromatic ring is 1. The molecule has 0 aliphatic heterocycles. The standard InChI is InChI=1S/C11H11BrN4O2/c1-16-10(8(13)5-14-16)15-11(18)7-4-6(12)2-3-9(7)17/h2-5,17H,13H2,1H3,(H,15,18). The van der Waals surface area contributed by atoms with E-state index in [1.807, 2.05) is 0 Å². The van der Waals surface area contributed by atoms with Crippen molar-refractivity contribution in [2.75, 3.05) is 11.1 Å². The monoisotopic (exact) mass is 310 g/mol. The largest absolute Gasteiger partial charge is 0.507 e.